The van der Waals surface area contributed by atoms with Crippen LogP contribution >= 0.6 is 27.5 Å². The molecule has 0 amide bonds. The van der Waals surface area contributed by atoms with Gasteiger partial charge in [0.05, 0.1) is 5.69 Å². The summed E-state index contributed by atoms with van der Waals surface area (Å²) in [6, 6.07) is 4.96. The summed E-state index contributed by atoms with van der Waals surface area (Å²) in [5.74, 6) is 0. The fraction of sp³-hybridized carbons (Fsp3) is 0.455. The molecule has 100 valence electrons. The third-order valence-electron chi connectivity index (χ3n) is 2.83. The van der Waals surface area contributed by atoms with E-state index in [0.29, 0.717) is 28.3 Å². The first kappa shape index (κ1) is 14.1. The molecule has 0 aliphatic carbocycles. The number of nitrogens with zero attached hydrogens (tertiary/aromatic N) is 1. The van der Waals surface area contributed by atoms with Gasteiger partial charge in [-0.25, -0.2) is 0 Å². The van der Waals surface area contributed by atoms with Crippen molar-refractivity contribution in [3.05, 3.63) is 27.7 Å². The molecule has 2 rings (SSSR count). The van der Waals surface area contributed by atoms with Gasteiger partial charge in [0.2, 0.25) is 0 Å². The second kappa shape index (κ2) is 5.77. The Balaban J connectivity index is 2.16. The minimum Gasteiger partial charge on any atom is -0.270 e. The summed E-state index contributed by atoms with van der Waals surface area (Å²) in [6.45, 7) is 1.17. The maximum atomic E-state index is 12.2. The SMILES string of the molecule is O=S(=O)(Nc1ccc(Cl)cc1Br)N1CCCCC1. The molecule has 0 bridgehead atoms. The van der Waals surface area contributed by atoms with E-state index in [9.17, 15) is 8.42 Å². The van der Waals surface area contributed by atoms with Gasteiger partial charge in [0.1, 0.15) is 0 Å². The van der Waals surface area contributed by atoms with Crippen molar-refractivity contribution in [2.24, 2.45) is 0 Å². The Labute approximate surface area is 121 Å². The summed E-state index contributed by atoms with van der Waals surface area (Å²) < 4.78 is 29.0. The smallest absolute Gasteiger partial charge is 0.270 e. The predicted molar refractivity (Wildman–Crippen MR) is 77.1 cm³/mol. The van der Waals surface area contributed by atoms with Gasteiger partial charge in [0.15, 0.2) is 0 Å². The summed E-state index contributed by atoms with van der Waals surface area (Å²) in [6.07, 6.45) is 2.93. The fourth-order valence-electron chi connectivity index (χ4n) is 1.88. The first-order valence-corrected chi connectivity index (χ1v) is 8.33. The summed E-state index contributed by atoms with van der Waals surface area (Å²) in [5, 5.41) is 0.558. The fourth-order valence-corrected chi connectivity index (χ4v) is 4.12. The highest BCUT2D eigenvalue weighted by Gasteiger charge is 2.24. The van der Waals surface area contributed by atoms with Gasteiger partial charge in [-0.05, 0) is 47.0 Å². The molecule has 1 heterocycles. The molecular weight excluding hydrogens is 340 g/mol. The lowest BCUT2D eigenvalue weighted by Gasteiger charge is -2.26. The van der Waals surface area contributed by atoms with E-state index in [1.165, 1.54) is 4.31 Å². The standard InChI is InChI=1S/C11H14BrClN2O2S/c12-10-8-9(13)4-5-11(10)14-18(16,17)15-6-2-1-3-7-15/h4-5,8,14H,1-3,6-7H2. The van der Waals surface area contributed by atoms with E-state index >= 15 is 0 Å². The van der Waals surface area contributed by atoms with Gasteiger partial charge in [0.25, 0.3) is 0 Å². The van der Waals surface area contributed by atoms with Crippen molar-refractivity contribution in [1.82, 2.24) is 4.31 Å². The summed E-state index contributed by atoms with van der Waals surface area (Å²) in [7, 11) is -3.46. The topological polar surface area (TPSA) is 49.4 Å². The van der Waals surface area contributed by atoms with E-state index in [-0.39, 0.29) is 0 Å². The molecule has 1 aliphatic heterocycles. The van der Waals surface area contributed by atoms with Crippen molar-refractivity contribution >= 4 is 43.4 Å². The molecule has 1 fully saturated rings. The first-order chi connectivity index (χ1) is 8.49. The van der Waals surface area contributed by atoms with E-state index in [4.69, 9.17) is 11.6 Å². The lowest BCUT2D eigenvalue weighted by Crippen LogP contribution is -2.39. The Bertz CT molecular complexity index is 530. The summed E-state index contributed by atoms with van der Waals surface area (Å²) in [5.41, 5.74) is 0.505. The van der Waals surface area contributed by atoms with Gasteiger partial charge >= 0.3 is 10.2 Å². The monoisotopic (exact) mass is 352 g/mol. The first-order valence-electron chi connectivity index (χ1n) is 5.72. The molecule has 1 aromatic rings. The molecule has 0 aromatic heterocycles. The molecule has 7 heteroatoms. The zero-order valence-electron chi connectivity index (χ0n) is 9.70. The molecule has 18 heavy (non-hydrogen) atoms. The van der Waals surface area contributed by atoms with Crippen LogP contribution in [-0.2, 0) is 10.2 Å². The Morgan fingerprint density at radius 2 is 1.89 bits per heavy atom. The van der Waals surface area contributed by atoms with Gasteiger partial charge in [0, 0.05) is 22.6 Å². The number of hydrogen-bond acceptors (Lipinski definition) is 2. The van der Waals surface area contributed by atoms with Crippen molar-refractivity contribution in [2.45, 2.75) is 19.3 Å². The minimum absolute atomic E-state index is 0.505. The number of rotatable bonds is 3. The van der Waals surface area contributed by atoms with Crippen molar-refractivity contribution in [3.63, 3.8) is 0 Å². The van der Waals surface area contributed by atoms with Crippen LogP contribution in [0, 0.1) is 0 Å². The van der Waals surface area contributed by atoms with Crippen molar-refractivity contribution in [1.29, 1.82) is 0 Å². The van der Waals surface area contributed by atoms with E-state index in [0.717, 1.165) is 19.3 Å². The second-order valence-electron chi connectivity index (χ2n) is 4.19. The van der Waals surface area contributed by atoms with Crippen LogP contribution in [0.5, 0.6) is 0 Å². The van der Waals surface area contributed by atoms with E-state index < -0.39 is 10.2 Å². The molecule has 0 spiro atoms. The molecule has 0 atom stereocenters. The second-order valence-corrected chi connectivity index (χ2v) is 7.15. The molecule has 1 N–H and O–H groups in total. The average Bonchev–Trinajstić information content (AvgIpc) is 2.34. The molecule has 0 unspecified atom stereocenters. The Hall–Kier alpha value is -0.300. The minimum atomic E-state index is -3.46. The zero-order chi connectivity index (χ0) is 13.2. The number of anilines is 1. The largest absolute Gasteiger partial charge is 0.301 e. The summed E-state index contributed by atoms with van der Waals surface area (Å²) in [4.78, 5) is 0. The Morgan fingerprint density at radius 1 is 1.22 bits per heavy atom. The van der Waals surface area contributed by atoms with Crippen LogP contribution in [0.1, 0.15) is 19.3 Å². The average molecular weight is 354 g/mol. The van der Waals surface area contributed by atoms with Crippen LogP contribution < -0.4 is 4.72 Å². The normalized spacial score (nSPS) is 17.7. The number of benzene rings is 1. The summed E-state index contributed by atoms with van der Waals surface area (Å²) >= 11 is 9.11. The van der Waals surface area contributed by atoms with Crippen LogP contribution in [0.15, 0.2) is 22.7 Å². The molecule has 1 aromatic carbocycles. The maximum Gasteiger partial charge on any atom is 0.301 e. The molecular formula is C11H14BrClN2O2S. The molecule has 0 saturated carbocycles. The predicted octanol–water partition coefficient (Wildman–Crippen LogP) is 3.25. The van der Waals surface area contributed by atoms with Crippen LogP contribution in [0.25, 0.3) is 0 Å². The maximum absolute atomic E-state index is 12.2. The van der Waals surface area contributed by atoms with Gasteiger partial charge < -0.3 is 0 Å². The zero-order valence-corrected chi connectivity index (χ0v) is 12.9. The van der Waals surface area contributed by atoms with Crippen molar-refractivity contribution < 1.29 is 8.42 Å². The van der Waals surface area contributed by atoms with Crippen LogP contribution in [0.3, 0.4) is 0 Å². The number of nitrogens with one attached hydrogen (secondary N) is 1. The third-order valence-corrected chi connectivity index (χ3v) is 5.24. The van der Waals surface area contributed by atoms with Crippen LogP contribution in [0.2, 0.25) is 5.02 Å². The molecule has 1 aliphatic rings. The van der Waals surface area contributed by atoms with Gasteiger partial charge in [-0.1, -0.05) is 18.0 Å². The third kappa shape index (κ3) is 3.38. The molecule has 1 saturated heterocycles. The Morgan fingerprint density at radius 3 is 2.50 bits per heavy atom. The van der Waals surface area contributed by atoms with E-state index in [1.54, 1.807) is 18.2 Å². The highest BCUT2D eigenvalue weighted by molar-refractivity contribution is 9.10. The van der Waals surface area contributed by atoms with Crippen LogP contribution in [0.4, 0.5) is 5.69 Å². The van der Waals surface area contributed by atoms with Crippen molar-refractivity contribution in [2.75, 3.05) is 17.8 Å². The number of piperidine rings is 1. The van der Waals surface area contributed by atoms with Crippen molar-refractivity contribution in [3.8, 4) is 0 Å². The van der Waals surface area contributed by atoms with E-state index in [2.05, 4.69) is 20.7 Å². The Kier molecular flexibility index (Phi) is 4.53. The highest BCUT2D eigenvalue weighted by atomic mass is 79.9. The highest BCUT2D eigenvalue weighted by Crippen LogP contribution is 2.27. The van der Waals surface area contributed by atoms with Gasteiger partial charge in [-0.15, -0.1) is 0 Å². The lowest BCUT2D eigenvalue weighted by atomic mass is 10.2. The quantitative estimate of drug-likeness (QED) is 0.907. The number of halogens is 2. The lowest BCUT2D eigenvalue weighted by molar-refractivity contribution is 0.349. The van der Waals surface area contributed by atoms with E-state index in [1.807, 2.05) is 0 Å². The molecule has 4 nitrogen and oxygen atoms in total. The molecule has 0 radical (unpaired) electrons. The van der Waals surface area contributed by atoms with Crippen LogP contribution in [-0.4, -0.2) is 25.8 Å². The van der Waals surface area contributed by atoms with Gasteiger partial charge in [-0.3, -0.25) is 4.72 Å². The number of hydrogen-bond donors (Lipinski definition) is 1. The van der Waals surface area contributed by atoms with Gasteiger partial charge in [-0.2, -0.15) is 12.7 Å².